The van der Waals surface area contributed by atoms with Gasteiger partial charge in [0.25, 0.3) is 0 Å². The summed E-state index contributed by atoms with van der Waals surface area (Å²) in [5.74, 6) is 1.60. The van der Waals surface area contributed by atoms with E-state index in [0.717, 1.165) is 30.6 Å². The van der Waals surface area contributed by atoms with Crippen molar-refractivity contribution in [3.8, 4) is 11.4 Å². The zero-order valence-electron chi connectivity index (χ0n) is 20.6. The van der Waals surface area contributed by atoms with Gasteiger partial charge in [0.2, 0.25) is 0 Å². The Morgan fingerprint density at radius 1 is 1.00 bits per heavy atom. The third kappa shape index (κ3) is 5.99. The summed E-state index contributed by atoms with van der Waals surface area (Å²) < 4.78 is 24.0. The van der Waals surface area contributed by atoms with Crippen LogP contribution < -0.4 is 10.4 Å². The van der Waals surface area contributed by atoms with E-state index in [9.17, 15) is 9.18 Å². The molecule has 36 heavy (non-hydrogen) atoms. The molecule has 10 heteroatoms. The first-order valence-electron chi connectivity index (χ1n) is 12.2. The lowest BCUT2D eigenvalue weighted by Crippen LogP contribution is -2.27. The van der Waals surface area contributed by atoms with Crippen LogP contribution in [-0.4, -0.2) is 36.2 Å². The quantitative estimate of drug-likeness (QED) is 0.213. The van der Waals surface area contributed by atoms with E-state index in [-0.39, 0.29) is 18.1 Å². The second kappa shape index (κ2) is 11.9. The van der Waals surface area contributed by atoms with Gasteiger partial charge in [0.1, 0.15) is 17.4 Å². The minimum Gasteiger partial charge on any atom is -0.497 e. The van der Waals surface area contributed by atoms with Crippen LogP contribution in [0.15, 0.2) is 53.3 Å². The van der Waals surface area contributed by atoms with Crippen molar-refractivity contribution in [1.29, 1.82) is 0 Å². The van der Waals surface area contributed by atoms with E-state index in [1.807, 2.05) is 24.3 Å². The van der Waals surface area contributed by atoms with Crippen molar-refractivity contribution < 1.29 is 9.13 Å². The summed E-state index contributed by atoms with van der Waals surface area (Å²) in [4.78, 5) is 13.4. The van der Waals surface area contributed by atoms with Gasteiger partial charge in [0.05, 0.1) is 13.7 Å². The number of nitrogens with zero attached hydrogens (tertiary/aromatic N) is 5. The molecule has 1 N–H and O–H groups in total. The Kier molecular flexibility index (Phi) is 8.48. The van der Waals surface area contributed by atoms with E-state index in [2.05, 4.69) is 17.1 Å². The van der Waals surface area contributed by atoms with E-state index in [4.69, 9.17) is 22.1 Å². The van der Waals surface area contributed by atoms with Gasteiger partial charge in [-0.3, -0.25) is 14.2 Å². The number of halogens is 1. The van der Waals surface area contributed by atoms with Crippen LogP contribution in [-0.2, 0) is 19.5 Å². The molecule has 2 aromatic carbocycles. The number of hydrogen-bond donors (Lipinski definition) is 1. The summed E-state index contributed by atoms with van der Waals surface area (Å²) in [6.07, 6.45) is 5.94. The maximum Gasteiger partial charge on any atom is 0.346 e. The van der Waals surface area contributed by atoms with Crippen LogP contribution in [0.5, 0.6) is 5.75 Å². The number of aromatic nitrogens is 6. The van der Waals surface area contributed by atoms with Gasteiger partial charge in [-0.05, 0) is 60.6 Å². The van der Waals surface area contributed by atoms with Gasteiger partial charge in [0.15, 0.2) is 10.6 Å². The number of ether oxygens (including phenoxy) is 1. The van der Waals surface area contributed by atoms with Crippen molar-refractivity contribution in [2.24, 2.45) is 0 Å². The molecule has 0 atom stereocenters. The van der Waals surface area contributed by atoms with Crippen molar-refractivity contribution in [1.82, 2.24) is 29.1 Å². The molecule has 0 unspecified atom stereocenters. The number of nitrogens with one attached hydrogen (secondary N) is 1. The highest BCUT2D eigenvalue weighted by atomic mass is 32.1. The molecule has 0 aliphatic rings. The second-order valence-electron chi connectivity index (χ2n) is 8.70. The lowest BCUT2D eigenvalue weighted by molar-refractivity contribution is 0.414. The first kappa shape index (κ1) is 25.6. The summed E-state index contributed by atoms with van der Waals surface area (Å²) in [6.45, 7) is 2.92. The van der Waals surface area contributed by atoms with Crippen LogP contribution in [0.3, 0.4) is 0 Å². The van der Waals surface area contributed by atoms with Gasteiger partial charge in [-0.25, -0.2) is 13.9 Å². The van der Waals surface area contributed by atoms with E-state index in [1.54, 1.807) is 33.1 Å². The predicted molar refractivity (Wildman–Crippen MR) is 139 cm³/mol. The average molecular weight is 511 g/mol. The van der Waals surface area contributed by atoms with Crippen molar-refractivity contribution >= 4 is 12.2 Å². The van der Waals surface area contributed by atoms with Crippen LogP contribution in [0.25, 0.3) is 5.69 Å². The van der Waals surface area contributed by atoms with Crippen LogP contribution in [0, 0.1) is 10.6 Å². The summed E-state index contributed by atoms with van der Waals surface area (Å²) >= 11 is 5.43. The molecular formula is C26H31FN6O2S. The maximum atomic E-state index is 13.5. The van der Waals surface area contributed by atoms with Gasteiger partial charge in [-0.2, -0.15) is 10.2 Å². The molecule has 0 aliphatic carbocycles. The molecule has 0 aliphatic heterocycles. The molecule has 2 heterocycles. The van der Waals surface area contributed by atoms with E-state index in [0.29, 0.717) is 35.1 Å². The third-order valence-corrected chi connectivity index (χ3v) is 6.39. The standard InChI is InChI=1S/C26H31FN6O2S/c1-3-4-5-6-7-16-32-26(34)31(23(30-32)17-19-8-14-22(35-2)15-9-19)18-24-28-29-25(36)33(24)21-12-10-20(27)11-13-21/h8-15H,3-7,16-18H2,1-2H3,(H,29,36). The van der Waals surface area contributed by atoms with Crippen molar-refractivity contribution in [2.45, 2.75) is 58.5 Å². The van der Waals surface area contributed by atoms with Gasteiger partial charge in [-0.1, -0.05) is 44.7 Å². The fraction of sp³-hybridized carbons (Fsp3) is 0.385. The second-order valence-corrected chi connectivity index (χ2v) is 9.09. The number of unbranched alkanes of at least 4 members (excludes halogenated alkanes) is 4. The Balaban J connectivity index is 1.66. The molecule has 0 spiro atoms. The molecule has 0 bridgehead atoms. The lowest BCUT2D eigenvalue weighted by atomic mass is 10.1. The highest BCUT2D eigenvalue weighted by molar-refractivity contribution is 7.71. The number of aryl methyl sites for hydroxylation is 1. The minimum absolute atomic E-state index is 0.171. The zero-order chi connectivity index (χ0) is 25.5. The molecule has 4 aromatic rings. The average Bonchev–Trinajstić information content (AvgIpc) is 3.39. The Hall–Kier alpha value is -3.53. The first-order chi connectivity index (χ1) is 17.5. The van der Waals surface area contributed by atoms with Gasteiger partial charge >= 0.3 is 5.69 Å². The largest absolute Gasteiger partial charge is 0.497 e. The Morgan fingerprint density at radius 2 is 1.72 bits per heavy atom. The molecule has 0 saturated carbocycles. The first-order valence-corrected chi connectivity index (χ1v) is 12.6. The molecule has 0 radical (unpaired) electrons. The van der Waals surface area contributed by atoms with E-state index < -0.39 is 0 Å². The van der Waals surface area contributed by atoms with Gasteiger partial charge in [-0.15, -0.1) is 0 Å². The normalized spacial score (nSPS) is 11.2. The summed E-state index contributed by atoms with van der Waals surface area (Å²) in [7, 11) is 1.63. The fourth-order valence-electron chi connectivity index (χ4n) is 4.15. The lowest BCUT2D eigenvalue weighted by Gasteiger charge is -2.09. The number of benzene rings is 2. The highest BCUT2D eigenvalue weighted by Gasteiger charge is 2.18. The number of methoxy groups -OCH3 is 1. The molecular weight excluding hydrogens is 479 g/mol. The monoisotopic (exact) mass is 510 g/mol. The molecule has 0 fully saturated rings. The smallest absolute Gasteiger partial charge is 0.346 e. The molecule has 8 nitrogen and oxygen atoms in total. The number of aromatic amines is 1. The van der Waals surface area contributed by atoms with E-state index in [1.165, 1.54) is 25.0 Å². The Morgan fingerprint density at radius 3 is 2.42 bits per heavy atom. The van der Waals surface area contributed by atoms with Gasteiger partial charge in [0, 0.05) is 18.7 Å². The molecule has 0 saturated heterocycles. The predicted octanol–water partition coefficient (Wildman–Crippen LogP) is 5.05. The van der Waals surface area contributed by atoms with Crippen molar-refractivity contribution in [3.63, 3.8) is 0 Å². The number of hydrogen-bond acceptors (Lipinski definition) is 5. The van der Waals surface area contributed by atoms with Crippen LogP contribution >= 0.6 is 12.2 Å². The van der Waals surface area contributed by atoms with Crippen molar-refractivity contribution in [3.05, 3.63) is 86.8 Å². The Bertz CT molecular complexity index is 1390. The summed E-state index contributed by atoms with van der Waals surface area (Å²) in [5, 5.41) is 11.9. The Labute approximate surface area is 214 Å². The zero-order valence-corrected chi connectivity index (χ0v) is 21.4. The van der Waals surface area contributed by atoms with Crippen LogP contribution in [0.2, 0.25) is 0 Å². The van der Waals surface area contributed by atoms with Gasteiger partial charge < -0.3 is 4.74 Å². The molecule has 4 rings (SSSR count). The molecule has 0 amide bonds. The fourth-order valence-corrected chi connectivity index (χ4v) is 4.40. The number of rotatable bonds is 12. The van der Waals surface area contributed by atoms with Crippen LogP contribution in [0.1, 0.15) is 56.2 Å². The maximum absolute atomic E-state index is 13.5. The third-order valence-electron chi connectivity index (χ3n) is 6.12. The van der Waals surface area contributed by atoms with Crippen molar-refractivity contribution in [2.75, 3.05) is 7.11 Å². The van der Waals surface area contributed by atoms with Crippen LogP contribution in [0.4, 0.5) is 4.39 Å². The topological polar surface area (TPSA) is 82.7 Å². The summed E-state index contributed by atoms with van der Waals surface area (Å²) in [6, 6.07) is 13.7. The summed E-state index contributed by atoms with van der Waals surface area (Å²) in [5.41, 5.74) is 1.49. The highest BCUT2D eigenvalue weighted by Crippen LogP contribution is 2.16. The van der Waals surface area contributed by atoms with E-state index >= 15 is 0 Å². The number of H-pyrrole nitrogens is 1. The SMILES string of the molecule is CCCCCCCn1nc(Cc2ccc(OC)cc2)n(Cc2n[nH]c(=S)n2-c2ccc(F)cc2)c1=O. The molecule has 190 valence electrons. The molecule has 2 aromatic heterocycles. The minimum atomic E-state index is -0.339.